The highest BCUT2D eigenvalue weighted by Gasteiger charge is 2.18. The van der Waals surface area contributed by atoms with Crippen molar-refractivity contribution in [2.24, 2.45) is 0 Å². The third-order valence-corrected chi connectivity index (χ3v) is 16.8. The number of esters is 1. The van der Waals surface area contributed by atoms with Crippen LogP contribution in [0.4, 0.5) is 0 Å². The minimum absolute atomic E-state index is 0.000258. The molecular formula is C75H141NO5. The summed E-state index contributed by atoms with van der Waals surface area (Å²) in [5, 5.41) is 23.3. The number of unbranched alkanes of at least 4 members (excludes halogenated alkanes) is 51. The fourth-order valence-corrected chi connectivity index (χ4v) is 11.3. The van der Waals surface area contributed by atoms with E-state index in [-0.39, 0.29) is 18.5 Å². The third-order valence-electron chi connectivity index (χ3n) is 16.8. The molecule has 0 fully saturated rings. The van der Waals surface area contributed by atoms with Crippen LogP contribution in [0.15, 0.2) is 48.6 Å². The van der Waals surface area contributed by atoms with Crippen LogP contribution in [0.3, 0.4) is 0 Å². The second-order valence-corrected chi connectivity index (χ2v) is 24.9. The summed E-state index contributed by atoms with van der Waals surface area (Å²) >= 11 is 0. The van der Waals surface area contributed by atoms with E-state index >= 15 is 0 Å². The van der Waals surface area contributed by atoms with E-state index < -0.39 is 12.1 Å². The quantitative estimate of drug-likeness (QED) is 0.0320. The lowest BCUT2D eigenvalue weighted by Gasteiger charge is -2.20. The SMILES string of the molecule is CCC/C=C\C/C=C\CCCCCCCC(=O)OCCCCCCCCCCCCCC/C=C\CCCCCCCCCCCCCCC(=O)NC(CO)C(O)/C=C/CCCCCCCCCCCCCCCCCCCCCCC. The molecule has 0 spiro atoms. The van der Waals surface area contributed by atoms with E-state index in [0.29, 0.717) is 19.4 Å². The minimum atomic E-state index is -0.846. The summed E-state index contributed by atoms with van der Waals surface area (Å²) in [6.07, 6.45) is 92.0. The summed E-state index contributed by atoms with van der Waals surface area (Å²) < 4.78 is 5.47. The van der Waals surface area contributed by atoms with Gasteiger partial charge < -0.3 is 20.3 Å². The summed E-state index contributed by atoms with van der Waals surface area (Å²) in [6, 6.07) is -0.630. The Kier molecular flexibility index (Phi) is 68.4. The van der Waals surface area contributed by atoms with Gasteiger partial charge in [0.15, 0.2) is 0 Å². The molecule has 6 heteroatoms. The number of aliphatic hydroxyl groups is 2. The van der Waals surface area contributed by atoms with Gasteiger partial charge in [0, 0.05) is 12.8 Å². The minimum Gasteiger partial charge on any atom is -0.466 e. The first-order chi connectivity index (χ1) is 40.0. The maximum atomic E-state index is 12.5. The van der Waals surface area contributed by atoms with Crippen molar-refractivity contribution in [1.82, 2.24) is 5.32 Å². The van der Waals surface area contributed by atoms with E-state index in [2.05, 4.69) is 55.6 Å². The molecule has 2 atom stereocenters. The van der Waals surface area contributed by atoms with Crippen molar-refractivity contribution < 1.29 is 24.5 Å². The Morgan fingerprint density at radius 1 is 0.346 bits per heavy atom. The molecule has 0 aliphatic carbocycles. The molecular weight excluding hydrogens is 995 g/mol. The van der Waals surface area contributed by atoms with E-state index in [1.807, 2.05) is 6.08 Å². The Bertz CT molecular complexity index is 1360. The Hall–Kier alpha value is -2.18. The van der Waals surface area contributed by atoms with Gasteiger partial charge in [-0.3, -0.25) is 9.59 Å². The summed E-state index contributed by atoms with van der Waals surface area (Å²) in [4.78, 5) is 24.6. The highest BCUT2D eigenvalue weighted by Crippen LogP contribution is 2.18. The van der Waals surface area contributed by atoms with Crippen molar-refractivity contribution in [2.45, 2.75) is 405 Å². The van der Waals surface area contributed by atoms with E-state index in [1.165, 1.54) is 315 Å². The Morgan fingerprint density at radius 2 is 0.642 bits per heavy atom. The van der Waals surface area contributed by atoms with Gasteiger partial charge in [-0.05, 0) is 83.5 Å². The first kappa shape index (κ1) is 78.8. The van der Waals surface area contributed by atoms with Crippen LogP contribution < -0.4 is 5.32 Å². The molecule has 0 rings (SSSR count). The topological polar surface area (TPSA) is 95.9 Å². The van der Waals surface area contributed by atoms with Crippen LogP contribution in [0.1, 0.15) is 393 Å². The molecule has 476 valence electrons. The number of allylic oxidation sites excluding steroid dienone is 7. The Labute approximate surface area is 506 Å². The fraction of sp³-hybridized carbons (Fsp3) is 0.867. The number of aliphatic hydroxyl groups excluding tert-OH is 2. The average Bonchev–Trinajstić information content (AvgIpc) is 3.47. The van der Waals surface area contributed by atoms with Crippen LogP contribution in [0.25, 0.3) is 0 Å². The first-order valence-corrected chi connectivity index (χ1v) is 36.4. The van der Waals surface area contributed by atoms with Gasteiger partial charge in [0.25, 0.3) is 0 Å². The van der Waals surface area contributed by atoms with Gasteiger partial charge in [-0.25, -0.2) is 0 Å². The number of hydrogen-bond acceptors (Lipinski definition) is 5. The van der Waals surface area contributed by atoms with Gasteiger partial charge in [-0.15, -0.1) is 0 Å². The lowest BCUT2D eigenvalue weighted by molar-refractivity contribution is -0.143. The lowest BCUT2D eigenvalue weighted by atomic mass is 10.0. The van der Waals surface area contributed by atoms with E-state index in [4.69, 9.17) is 4.74 Å². The maximum Gasteiger partial charge on any atom is 0.305 e. The van der Waals surface area contributed by atoms with E-state index in [1.54, 1.807) is 6.08 Å². The van der Waals surface area contributed by atoms with Crippen LogP contribution >= 0.6 is 0 Å². The predicted octanol–water partition coefficient (Wildman–Crippen LogP) is 23.6. The first-order valence-electron chi connectivity index (χ1n) is 36.4. The normalized spacial score (nSPS) is 12.8. The molecule has 0 aliphatic rings. The molecule has 3 N–H and O–H groups in total. The zero-order valence-electron chi connectivity index (χ0n) is 54.5. The van der Waals surface area contributed by atoms with Crippen molar-refractivity contribution in [3.05, 3.63) is 48.6 Å². The van der Waals surface area contributed by atoms with Crippen molar-refractivity contribution in [3.63, 3.8) is 0 Å². The summed E-state index contributed by atoms with van der Waals surface area (Å²) in [6.45, 7) is 4.87. The molecule has 0 aromatic carbocycles. The van der Waals surface area contributed by atoms with Gasteiger partial charge in [-0.1, -0.05) is 345 Å². The number of carbonyl (C=O) groups is 2. The molecule has 0 radical (unpaired) electrons. The molecule has 0 heterocycles. The lowest BCUT2D eigenvalue weighted by Crippen LogP contribution is -2.45. The molecule has 0 bridgehead atoms. The molecule has 0 saturated heterocycles. The van der Waals surface area contributed by atoms with Crippen LogP contribution in [0.2, 0.25) is 0 Å². The van der Waals surface area contributed by atoms with Gasteiger partial charge >= 0.3 is 5.97 Å². The summed E-state index contributed by atoms with van der Waals surface area (Å²) in [5.41, 5.74) is 0. The standard InChI is InChI=1S/C75H141NO5/c1-3-5-7-9-11-13-15-17-18-19-20-21-28-31-34-37-40-44-47-51-55-59-63-67-73(78)72(71-77)76-74(79)68-64-60-56-52-48-45-41-38-35-32-29-26-24-22-23-25-27-30-33-36-39-42-46-50-54-58-62-66-70-81-75(80)69-65-61-57-53-49-43-16-14-12-10-8-6-4-2/h8,10,14,16,22-23,63,67,72-73,77-78H,3-7,9,11-13,15,17-21,24-62,64-66,68-71H2,1-2H3,(H,76,79)/b10-8-,16-14-,23-22-,67-63+. The van der Waals surface area contributed by atoms with Gasteiger partial charge in [0.2, 0.25) is 5.91 Å². The number of nitrogens with one attached hydrogen (secondary N) is 1. The van der Waals surface area contributed by atoms with Gasteiger partial charge in [0.05, 0.1) is 25.4 Å². The third kappa shape index (κ3) is 66.8. The number of rotatable bonds is 68. The van der Waals surface area contributed by atoms with Crippen molar-refractivity contribution in [3.8, 4) is 0 Å². The Balaban J connectivity index is 3.42. The molecule has 0 aromatic rings. The molecule has 0 saturated carbocycles. The number of ether oxygens (including phenoxy) is 1. The number of carbonyl (C=O) groups excluding carboxylic acids is 2. The summed E-state index contributed by atoms with van der Waals surface area (Å²) in [5.74, 6) is -0.0640. The number of hydrogen-bond donors (Lipinski definition) is 3. The average molecular weight is 1140 g/mol. The van der Waals surface area contributed by atoms with Gasteiger partial charge in [0.1, 0.15) is 0 Å². The van der Waals surface area contributed by atoms with Gasteiger partial charge in [-0.2, -0.15) is 0 Å². The van der Waals surface area contributed by atoms with E-state index in [0.717, 1.165) is 51.4 Å². The molecule has 6 nitrogen and oxygen atoms in total. The van der Waals surface area contributed by atoms with Crippen molar-refractivity contribution in [2.75, 3.05) is 13.2 Å². The molecule has 2 unspecified atom stereocenters. The van der Waals surface area contributed by atoms with Crippen LogP contribution in [-0.4, -0.2) is 47.4 Å². The molecule has 1 amide bonds. The zero-order chi connectivity index (χ0) is 58.5. The molecule has 0 aliphatic heterocycles. The predicted molar refractivity (Wildman–Crippen MR) is 356 cm³/mol. The van der Waals surface area contributed by atoms with Crippen LogP contribution in [0.5, 0.6) is 0 Å². The maximum absolute atomic E-state index is 12.5. The zero-order valence-corrected chi connectivity index (χ0v) is 54.5. The van der Waals surface area contributed by atoms with Crippen LogP contribution in [-0.2, 0) is 14.3 Å². The second kappa shape index (κ2) is 70.3. The second-order valence-electron chi connectivity index (χ2n) is 24.9. The fourth-order valence-electron chi connectivity index (χ4n) is 11.3. The number of amides is 1. The van der Waals surface area contributed by atoms with Crippen molar-refractivity contribution in [1.29, 1.82) is 0 Å². The Morgan fingerprint density at radius 3 is 1.00 bits per heavy atom. The largest absolute Gasteiger partial charge is 0.466 e. The monoisotopic (exact) mass is 1140 g/mol. The summed E-state index contributed by atoms with van der Waals surface area (Å²) in [7, 11) is 0. The molecule has 81 heavy (non-hydrogen) atoms. The molecule has 0 aromatic heterocycles. The van der Waals surface area contributed by atoms with E-state index in [9.17, 15) is 19.8 Å². The highest BCUT2D eigenvalue weighted by molar-refractivity contribution is 5.76. The van der Waals surface area contributed by atoms with Crippen LogP contribution in [0, 0.1) is 0 Å². The van der Waals surface area contributed by atoms with Crippen molar-refractivity contribution >= 4 is 11.9 Å². The smallest absolute Gasteiger partial charge is 0.305 e. The highest BCUT2D eigenvalue weighted by atomic mass is 16.5.